The molecule has 0 spiro atoms. The fourth-order valence-corrected chi connectivity index (χ4v) is 3.98. The molecule has 5 heteroatoms. The van der Waals surface area contributed by atoms with Crippen LogP contribution in [-0.2, 0) is 9.31 Å². The van der Waals surface area contributed by atoms with Crippen molar-refractivity contribution >= 4 is 23.6 Å². The summed E-state index contributed by atoms with van der Waals surface area (Å²) in [5.41, 5.74) is 2.74. The van der Waals surface area contributed by atoms with E-state index in [4.69, 9.17) is 14.3 Å². The first-order valence-electron chi connectivity index (χ1n) is 9.13. The Balaban J connectivity index is 1.75. The molecule has 1 aliphatic carbocycles. The van der Waals surface area contributed by atoms with Gasteiger partial charge in [-0.25, -0.2) is 4.98 Å². The second-order valence-electron chi connectivity index (χ2n) is 8.30. The molecule has 4 rings (SSSR count). The lowest BCUT2D eigenvalue weighted by molar-refractivity contribution is 0.00578. The molecule has 2 aromatic rings. The van der Waals surface area contributed by atoms with Crippen LogP contribution in [0.3, 0.4) is 0 Å². The Morgan fingerprint density at radius 1 is 1.08 bits per heavy atom. The number of fused-ring (bicyclic) bond motifs is 1. The first-order chi connectivity index (χ1) is 11.3. The fraction of sp³-hybridized carbons (Fsp3) is 0.632. The summed E-state index contributed by atoms with van der Waals surface area (Å²) in [6, 6.07) is 7.00. The average molecular weight is 326 g/mol. The highest BCUT2D eigenvalue weighted by atomic mass is 16.7. The summed E-state index contributed by atoms with van der Waals surface area (Å²) in [5, 5.41) is 0. The minimum atomic E-state index is -0.313. The van der Waals surface area contributed by atoms with Crippen LogP contribution in [0.15, 0.2) is 18.2 Å². The molecule has 1 aliphatic heterocycles. The third-order valence-corrected chi connectivity index (χ3v) is 6.11. The van der Waals surface area contributed by atoms with Crippen molar-refractivity contribution in [1.29, 1.82) is 0 Å². The van der Waals surface area contributed by atoms with Gasteiger partial charge in [0.1, 0.15) is 5.82 Å². The number of aryl methyl sites for hydroxylation is 1. The van der Waals surface area contributed by atoms with Gasteiger partial charge in [-0.3, -0.25) is 0 Å². The molecule has 2 heterocycles. The van der Waals surface area contributed by atoms with Gasteiger partial charge in [0.2, 0.25) is 0 Å². The van der Waals surface area contributed by atoms with E-state index >= 15 is 0 Å². The van der Waals surface area contributed by atoms with Crippen LogP contribution in [0.25, 0.3) is 11.0 Å². The van der Waals surface area contributed by atoms with Gasteiger partial charge in [-0.05, 0) is 65.1 Å². The SMILES string of the molecule is Cc1nc2ccc(B3OC(C)(C)C(C)(C)O3)cc2n1C1CCCC1. The number of aromatic nitrogens is 2. The summed E-state index contributed by atoms with van der Waals surface area (Å²) in [6.45, 7) is 10.5. The van der Waals surface area contributed by atoms with Crippen LogP contribution in [-0.4, -0.2) is 27.9 Å². The summed E-state index contributed by atoms with van der Waals surface area (Å²) in [4.78, 5) is 4.76. The van der Waals surface area contributed by atoms with Gasteiger partial charge in [-0.1, -0.05) is 18.9 Å². The van der Waals surface area contributed by atoms with Crippen LogP contribution in [0.2, 0.25) is 0 Å². The number of hydrogen-bond donors (Lipinski definition) is 0. The zero-order chi connectivity index (χ0) is 17.1. The molecule has 2 fully saturated rings. The molecule has 1 saturated heterocycles. The monoisotopic (exact) mass is 326 g/mol. The highest BCUT2D eigenvalue weighted by Crippen LogP contribution is 2.37. The van der Waals surface area contributed by atoms with Gasteiger partial charge in [-0.15, -0.1) is 0 Å². The lowest BCUT2D eigenvalue weighted by atomic mass is 9.79. The predicted molar refractivity (Wildman–Crippen MR) is 97.7 cm³/mol. The maximum Gasteiger partial charge on any atom is 0.494 e. The zero-order valence-corrected chi connectivity index (χ0v) is 15.4. The second-order valence-corrected chi connectivity index (χ2v) is 8.30. The Morgan fingerprint density at radius 2 is 1.71 bits per heavy atom. The summed E-state index contributed by atoms with van der Waals surface area (Å²) in [5.74, 6) is 1.11. The largest absolute Gasteiger partial charge is 0.494 e. The fourth-order valence-electron chi connectivity index (χ4n) is 3.98. The molecule has 24 heavy (non-hydrogen) atoms. The van der Waals surface area contributed by atoms with E-state index in [0.29, 0.717) is 6.04 Å². The number of rotatable bonds is 2. The Kier molecular flexibility index (Phi) is 3.59. The van der Waals surface area contributed by atoms with E-state index in [2.05, 4.69) is 57.4 Å². The third kappa shape index (κ3) is 2.41. The van der Waals surface area contributed by atoms with Crippen molar-refractivity contribution in [2.45, 2.75) is 77.5 Å². The summed E-state index contributed by atoms with van der Waals surface area (Å²) in [6.07, 6.45) is 5.15. The molecule has 2 aliphatic rings. The van der Waals surface area contributed by atoms with Gasteiger partial charge in [0.15, 0.2) is 0 Å². The first kappa shape index (κ1) is 16.2. The van der Waals surface area contributed by atoms with Crippen LogP contribution in [0.4, 0.5) is 0 Å². The van der Waals surface area contributed by atoms with E-state index in [1.165, 1.54) is 31.2 Å². The van der Waals surface area contributed by atoms with Crippen molar-refractivity contribution in [2.24, 2.45) is 0 Å². The standard InChI is InChI=1S/C19H27BN2O2/c1-13-21-16-11-10-14(20-23-18(2,3)19(4,5)24-20)12-17(16)22(13)15-8-6-7-9-15/h10-12,15H,6-9H2,1-5H3. The van der Waals surface area contributed by atoms with E-state index in [1.54, 1.807) is 0 Å². The summed E-state index contributed by atoms with van der Waals surface area (Å²) < 4.78 is 14.9. The minimum absolute atomic E-state index is 0.311. The Labute approximate surface area is 144 Å². The lowest BCUT2D eigenvalue weighted by Gasteiger charge is -2.32. The molecule has 0 bridgehead atoms. The smallest absolute Gasteiger partial charge is 0.399 e. The molecular formula is C19H27BN2O2. The first-order valence-corrected chi connectivity index (χ1v) is 9.13. The van der Waals surface area contributed by atoms with Gasteiger partial charge in [0.25, 0.3) is 0 Å². The quantitative estimate of drug-likeness (QED) is 0.789. The third-order valence-electron chi connectivity index (χ3n) is 6.11. The molecule has 0 atom stereocenters. The number of nitrogens with zero attached hydrogens (tertiary/aromatic N) is 2. The molecule has 0 amide bonds. The molecule has 4 nitrogen and oxygen atoms in total. The molecular weight excluding hydrogens is 299 g/mol. The Morgan fingerprint density at radius 3 is 2.33 bits per heavy atom. The molecule has 0 unspecified atom stereocenters. The molecule has 1 aromatic heterocycles. The highest BCUT2D eigenvalue weighted by molar-refractivity contribution is 6.62. The highest BCUT2D eigenvalue weighted by Gasteiger charge is 2.51. The Hall–Kier alpha value is -1.33. The molecule has 0 radical (unpaired) electrons. The van der Waals surface area contributed by atoms with E-state index in [1.807, 2.05) is 0 Å². The van der Waals surface area contributed by atoms with Crippen molar-refractivity contribution in [3.63, 3.8) is 0 Å². The van der Waals surface area contributed by atoms with E-state index in [-0.39, 0.29) is 18.3 Å². The van der Waals surface area contributed by atoms with E-state index in [0.717, 1.165) is 16.8 Å². The van der Waals surface area contributed by atoms with Gasteiger partial charge < -0.3 is 13.9 Å². The number of benzene rings is 1. The molecule has 1 aromatic carbocycles. The topological polar surface area (TPSA) is 36.3 Å². The van der Waals surface area contributed by atoms with Crippen molar-refractivity contribution in [3.05, 3.63) is 24.0 Å². The van der Waals surface area contributed by atoms with Crippen molar-refractivity contribution in [1.82, 2.24) is 9.55 Å². The van der Waals surface area contributed by atoms with Crippen molar-refractivity contribution in [3.8, 4) is 0 Å². The normalized spacial score (nSPS) is 23.5. The zero-order valence-electron chi connectivity index (χ0n) is 15.4. The molecule has 1 saturated carbocycles. The van der Waals surface area contributed by atoms with E-state index in [9.17, 15) is 0 Å². The van der Waals surface area contributed by atoms with Crippen LogP contribution in [0.5, 0.6) is 0 Å². The Bertz CT molecular complexity index is 759. The summed E-state index contributed by atoms with van der Waals surface area (Å²) in [7, 11) is -0.313. The van der Waals surface area contributed by atoms with Gasteiger partial charge in [0.05, 0.1) is 22.2 Å². The molecule has 128 valence electrons. The predicted octanol–water partition coefficient (Wildman–Crippen LogP) is 3.76. The average Bonchev–Trinajstić information content (AvgIpc) is 3.15. The van der Waals surface area contributed by atoms with Crippen molar-refractivity contribution in [2.75, 3.05) is 0 Å². The summed E-state index contributed by atoms with van der Waals surface area (Å²) >= 11 is 0. The van der Waals surface area contributed by atoms with Crippen LogP contribution in [0.1, 0.15) is 65.2 Å². The lowest BCUT2D eigenvalue weighted by Crippen LogP contribution is -2.41. The van der Waals surface area contributed by atoms with Gasteiger partial charge >= 0.3 is 7.12 Å². The van der Waals surface area contributed by atoms with Crippen LogP contribution in [0, 0.1) is 6.92 Å². The van der Waals surface area contributed by atoms with E-state index < -0.39 is 0 Å². The van der Waals surface area contributed by atoms with Gasteiger partial charge in [-0.2, -0.15) is 0 Å². The maximum atomic E-state index is 6.22. The maximum absolute atomic E-state index is 6.22. The van der Waals surface area contributed by atoms with Crippen molar-refractivity contribution < 1.29 is 9.31 Å². The minimum Gasteiger partial charge on any atom is -0.399 e. The second kappa shape index (κ2) is 5.33. The van der Waals surface area contributed by atoms with Gasteiger partial charge in [0, 0.05) is 6.04 Å². The number of hydrogen-bond acceptors (Lipinski definition) is 3. The number of imidazole rings is 1. The molecule has 0 N–H and O–H groups in total. The van der Waals surface area contributed by atoms with Crippen LogP contribution >= 0.6 is 0 Å². The van der Waals surface area contributed by atoms with Crippen LogP contribution < -0.4 is 5.46 Å².